The molecule has 0 unspecified atom stereocenters. The topological polar surface area (TPSA) is 66.3 Å². The van der Waals surface area contributed by atoms with E-state index in [4.69, 9.17) is 4.42 Å². The Labute approximate surface area is 127 Å². The smallest absolute Gasteiger partial charge is 0.261 e. The Balaban J connectivity index is 1.91. The van der Waals surface area contributed by atoms with Gasteiger partial charge in [0.2, 0.25) is 0 Å². The van der Waals surface area contributed by atoms with Gasteiger partial charge in [-0.25, -0.2) is 0 Å². The number of carbonyl (C=O) groups is 1. The molecule has 0 aliphatic rings. The van der Waals surface area contributed by atoms with E-state index in [1.165, 1.54) is 4.90 Å². The highest BCUT2D eigenvalue weighted by Gasteiger charge is 2.17. The maximum Gasteiger partial charge on any atom is 0.261 e. The van der Waals surface area contributed by atoms with Crippen LogP contribution in [0.5, 0.6) is 0 Å². The molecule has 22 heavy (non-hydrogen) atoms. The largest absolute Gasteiger partial charge is 0.464 e. The summed E-state index contributed by atoms with van der Waals surface area (Å²) in [6, 6.07) is 12.7. The fraction of sp³-hybridized carbons (Fsp3) is 0.176. The number of benzene rings is 1. The molecule has 0 aliphatic heterocycles. The maximum atomic E-state index is 12.5. The monoisotopic (exact) mass is 296 g/mol. The molecule has 0 saturated heterocycles. The molecule has 3 rings (SSSR count). The van der Waals surface area contributed by atoms with E-state index in [1.54, 1.807) is 19.2 Å². The first-order chi connectivity index (χ1) is 10.5. The van der Waals surface area contributed by atoms with E-state index >= 15 is 0 Å². The number of para-hydroxylation sites is 1. The van der Waals surface area contributed by atoms with Crippen molar-refractivity contribution in [3.63, 3.8) is 0 Å². The van der Waals surface area contributed by atoms with E-state index in [9.17, 15) is 9.59 Å². The van der Waals surface area contributed by atoms with Crippen LogP contribution in [0.25, 0.3) is 10.9 Å². The van der Waals surface area contributed by atoms with Crippen molar-refractivity contribution >= 4 is 16.8 Å². The van der Waals surface area contributed by atoms with Crippen LogP contribution in [0.1, 0.15) is 21.9 Å². The summed E-state index contributed by atoms with van der Waals surface area (Å²) >= 11 is 0. The van der Waals surface area contributed by atoms with Crippen molar-refractivity contribution < 1.29 is 9.21 Å². The summed E-state index contributed by atoms with van der Waals surface area (Å²) in [5.74, 6) is 1.14. The van der Waals surface area contributed by atoms with Gasteiger partial charge >= 0.3 is 0 Å². The van der Waals surface area contributed by atoms with Gasteiger partial charge in [-0.2, -0.15) is 0 Å². The molecule has 2 heterocycles. The van der Waals surface area contributed by atoms with E-state index in [0.717, 1.165) is 11.1 Å². The molecule has 5 nitrogen and oxygen atoms in total. The molecule has 0 aliphatic carbocycles. The molecule has 5 heteroatoms. The summed E-state index contributed by atoms with van der Waals surface area (Å²) in [5.41, 5.74) is 0.462. The molecule has 0 saturated carbocycles. The average Bonchev–Trinajstić information content (AvgIpc) is 2.91. The molecule has 0 fully saturated rings. The zero-order valence-corrected chi connectivity index (χ0v) is 12.4. The van der Waals surface area contributed by atoms with Crippen LogP contribution in [0.15, 0.2) is 51.7 Å². The summed E-state index contributed by atoms with van der Waals surface area (Å²) in [7, 11) is 1.65. The highest BCUT2D eigenvalue weighted by Crippen LogP contribution is 2.13. The van der Waals surface area contributed by atoms with Crippen LogP contribution in [-0.2, 0) is 6.54 Å². The van der Waals surface area contributed by atoms with Crippen molar-refractivity contribution in [2.24, 2.45) is 0 Å². The van der Waals surface area contributed by atoms with Crippen LogP contribution >= 0.6 is 0 Å². The second kappa shape index (κ2) is 5.52. The van der Waals surface area contributed by atoms with E-state index in [0.29, 0.717) is 17.8 Å². The molecule has 1 amide bonds. The number of hydrogen-bond donors (Lipinski definition) is 1. The SMILES string of the molecule is Cc1ccc(CN(C)C(=O)c2cc3ccccc3[nH]c2=O)o1. The third kappa shape index (κ3) is 2.65. The second-order valence-corrected chi connectivity index (χ2v) is 5.27. The molecular weight excluding hydrogens is 280 g/mol. The van der Waals surface area contributed by atoms with E-state index < -0.39 is 0 Å². The van der Waals surface area contributed by atoms with Crippen LogP contribution in [0.3, 0.4) is 0 Å². The molecule has 1 N–H and O–H groups in total. The number of aromatic nitrogens is 1. The van der Waals surface area contributed by atoms with Crippen LogP contribution in [0.4, 0.5) is 0 Å². The lowest BCUT2D eigenvalue weighted by Crippen LogP contribution is -2.31. The van der Waals surface area contributed by atoms with Gasteiger partial charge in [0.1, 0.15) is 17.1 Å². The number of amides is 1. The highest BCUT2D eigenvalue weighted by molar-refractivity contribution is 5.97. The Morgan fingerprint density at radius 3 is 2.73 bits per heavy atom. The van der Waals surface area contributed by atoms with Gasteiger partial charge in [0, 0.05) is 12.6 Å². The zero-order chi connectivity index (χ0) is 15.7. The first-order valence-corrected chi connectivity index (χ1v) is 6.97. The van der Waals surface area contributed by atoms with Gasteiger partial charge in [-0.1, -0.05) is 18.2 Å². The molecule has 0 bridgehead atoms. The number of nitrogens with one attached hydrogen (secondary N) is 1. The summed E-state index contributed by atoms with van der Waals surface area (Å²) < 4.78 is 5.46. The molecule has 112 valence electrons. The number of aryl methyl sites for hydroxylation is 1. The number of furan rings is 1. The third-order valence-electron chi connectivity index (χ3n) is 3.52. The summed E-state index contributed by atoms with van der Waals surface area (Å²) in [6.07, 6.45) is 0. The Kier molecular flexibility index (Phi) is 3.55. The van der Waals surface area contributed by atoms with Crippen molar-refractivity contribution in [2.75, 3.05) is 7.05 Å². The predicted octanol–water partition coefficient (Wildman–Crippen LogP) is 2.70. The van der Waals surface area contributed by atoms with Gasteiger partial charge in [0.25, 0.3) is 11.5 Å². The van der Waals surface area contributed by atoms with Gasteiger partial charge in [0.05, 0.1) is 6.54 Å². The minimum absolute atomic E-state index is 0.129. The van der Waals surface area contributed by atoms with Gasteiger partial charge in [0.15, 0.2) is 0 Å². The first kappa shape index (κ1) is 14.1. The molecule has 0 atom stereocenters. The Bertz CT molecular complexity index is 892. The molecular formula is C17H16N2O3. The fourth-order valence-corrected chi connectivity index (χ4v) is 2.39. The fourth-order valence-electron chi connectivity index (χ4n) is 2.39. The van der Waals surface area contributed by atoms with Crippen LogP contribution in [-0.4, -0.2) is 22.8 Å². The van der Waals surface area contributed by atoms with Crippen molar-refractivity contribution in [1.29, 1.82) is 0 Å². The maximum absolute atomic E-state index is 12.5. The normalized spacial score (nSPS) is 10.8. The molecule has 2 aromatic heterocycles. The van der Waals surface area contributed by atoms with Gasteiger partial charge in [-0.15, -0.1) is 0 Å². The highest BCUT2D eigenvalue weighted by atomic mass is 16.3. The standard InChI is InChI=1S/C17H16N2O3/c1-11-7-8-13(22-11)10-19(2)17(21)14-9-12-5-3-4-6-15(12)18-16(14)20/h3-9H,10H2,1-2H3,(H,18,20). The number of aromatic amines is 1. The van der Waals surface area contributed by atoms with Gasteiger partial charge in [-0.3, -0.25) is 9.59 Å². The van der Waals surface area contributed by atoms with Crippen molar-refractivity contribution in [2.45, 2.75) is 13.5 Å². The van der Waals surface area contributed by atoms with E-state index in [1.807, 2.05) is 37.3 Å². The van der Waals surface area contributed by atoms with Crippen molar-refractivity contribution in [3.05, 3.63) is 69.9 Å². The number of nitrogens with zero attached hydrogens (tertiary/aromatic N) is 1. The zero-order valence-electron chi connectivity index (χ0n) is 12.4. The van der Waals surface area contributed by atoms with Crippen LogP contribution in [0, 0.1) is 6.92 Å². The number of carbonyl (C=O) groups excluding carboxylic acids is 1. The number of fused-ring (bicyclic) bond motifs is 1. The Hall–Kier alpha value is -2.82. The quantitative estimate of drug-likeness (QED) is 0.808. The average molecular weight is 296 g/mol. The minimum atomic E-state index is -0.383. The molecule has 3 aromatic rings. The first-order valence-electron chi connectivity index (χ1n) is 6.97. The summed E-state index contributed by atoms with van der Waals surface area (Å²) in [4.78, 5) is 28.8. The van der Waals surface area contributed by atoms with Gasteiger partial charge in [-0.05, 0) is 36.6 Å². The third-order valence-corrected chi connectivity index (χ3v) is 3.52. The molecule has 0 spiro atoms. The molecule has 0 radical (unpaired) electrons. The van der Waals surface area contributed by atoms with Crippen LogP contribution < -0.4 is 5.56 Å². The number of H-pyrrole nitrogens is 1. The number of hydrogen-bond acceptors (Lipinski definition) is 3. The van der Waals surface area contributed by atoms with E-state index in [-0.39, 0.29) is 17.0 Å². The van der Waals surface area contributed by atoms with Crippen molar-refractivity contribution in [3.8, 4) is 0 Å². The second-order valence-electron chi connectivity index (χ2n) is 5.27. The lowest BCUT2D eigenvalue weighted by molar-refractivity contribution is 0.0773. The van der Waals surface area contributed by atoms with Gasteiger partial charge < -0.3 is 14.3 Å². The molecule has 1 aromatic carbocycles. The summed E-state index contributed by atoms with van der Waals surface area (Å²) in [5, 5.41) is 0.827. The Morgan fingerprint density at radius 2 is 2.00 bits per heavy atom. The van der Waals surface area contributed by atoms with E-state index in [2.05, 4.69) is 4.98 Å². The predicted molar refractivity (Wildman–Crippen MR) is 83.8 cm³/mol. The summed E-state index contributed by atoms with van der Waals surface area (Å²) in [6.45, 7) is 2.16. The Morgan fingerprint density at radius 1 is 1.23 bits per heavy atom. The van der Waals surface area contributed by atoms with Crippen LogP contribution in [0.2, 0.25) is 0 Å². The minimum Gasteiger partial charge on any atom is -0.464 e. The lowest BCUT2D eigenvalue weighted by Gasteiger charge is -2.15. The number of rotatable bonds is 3. The van der Waals surface area contributed by atoms with Crippen molar-refractivity contribution in [1.82, 2.24) is 9.88 Å². The lowest BCUT2D eigenvalue weighted by atomic mass is 10.1. The number of pyridine rings is 1.